The summed E-state index contributed by atoms with van der Waals surface area (Å²) in [5.41, 5.74) is 4.28. The van der Waals surface area contributed by atoms with E-state index in [1.54, 1.807) is 16.7 Å². The van der Waals surface area contributed by atoms with E-state index in [1.807, 2.05) is 17.7 Å². The molecular formula is C21H30N6O3. The van der Waals surface area contributed by atoms with Gasteiger partial charge in [-0.1, -0.05) is 13.0 Å². The van der Waals surface area contributed by atoms with Crippen LogP contribution in [-0.2, 0) is 11.2 Å². The first kappa shape index (κ1) is 21.8. The summed E-state index contributed by atoms with van der Waals surface area (Å²) in [4.78, 5) is 18.6. The number of hydrogen-bond donors (Lipinski definition) is 4. The van der Waals surface area contributed by atoms with Crippen LogP contribution in [0.4, 0.5) is 11.6 Å². The SMILES string of the molecule is CCc1cnn2c(NC/C(C=O)=C/C=C\NO)cc(N3CCCC[C@H]3CCO)nc12. The van der Waals surface area contributed by atoms with E-state index >= 15 is 0 Å². The van der Waals surface area contributed by atoms with Crippen molar-refractivity contribution in [1.82, 2.24) is 20.1 Å². The monoisotopic (exact) mass is 414 g/mol. The molecule has 0 amide bonds. The molecule has 9 heteroatoms. The zero-order valence-corrected chi connectivity index (χ0v) is 17.3. The summed E-state index contributed by atoms with van der Waals surface area (Å²) in [6.45, 7) is 3.44. The summed E-state index contributed by atoms with van der Waals surface area (Å²) in [7, 11) is 0. The standard InChI is InChI=1S/C21H30N6O3/c1-2-17-14-23-27-19(22-13-16(15-29)6-5-9-24-30)12-20(25-21(17)27)26-10-4-3-7-18(26)8-11-28/h5-6,9,12,14-15,18,22,24,28,30H,2-4,7-8,10-11,13H2,1H3/b9-5-,16-6-/t18-/m0/s1. The van der Waals surface area contributed by atoms with Crippen molar-refractivity contribution in [2.45, 2.75) is 45.1 Å². The van der Waals surface area contributed by atoms with Crippen LogP contribution in [0, 0.1) is 0 Å². The van der Waals surface area contributed by atoms with Gasteiger partial charge in [-0.2, -0.15) is 9.61 Å². The quantitative estimate of drug-likeness (QED) is 0.202. The Bertz CT molecular complexity index is 906. The first-order valence-corrected chi connectivity index (χ1v) is 10.4. The molecule has 0 aliphatic carbocycles. The highest BCUT2D eigenvalue weighted by molar-refractivity contribution is 5.75. The normalized spacial score (nSPS) is 17.6. The van der Waals surface area contributed by atoms with E-state index in [0.717, 1.165) is 67.8 Å². The van der Waals surface area contributed by atoms with Gasteiger partial charge in [0.25, 0.3) is 0 Å². The molecule has 3 rings (SSSR count). The first-order valence-electron chi connectivity index (χ1n) is 10.4. The number of nitrogens with one attached hydrogen (secondary N) is 2. The van der Waals surface area contributed by atoms with Crippen molar-refractivity contribution < 1.29 is 15.1 Å². The molecule has 1 fully saturated rings. The summed E-state index contributed by atoms with van der Waals surface area (Å²) in [6, 6.07) is 2.23. The Balaban J connectivity index is 1.94. The topological polar surface area (TPSA) is 115 Å². The fourth-order valence-electron chi connectivity index (χ4n) is 3.82. The molecule has 0 unspecified atom stereocenters. The number of carbonyl (C=O) groups excluding carboxylic acids is 1. The average Bonchev–Trinajstić information content (AvgIpc) is 3.20. The van der Waals surface area contributed by atoms with Crippen LogP contribution >= 0.6 is 0 Å². The lowest BCUT2D eigenvalue weighted by atomic mass is 9.99. The zero-order chi connectivity index (χ0) is 21.3. The van der Waals surface area contributed by atoms with E-state index in [2.05, 4.69) is 22.2 Å². The summed E-state index contributed by atoms with van der Waals surface area (Å²) < 4.78 is 1.76. The molecule has 0 bridgehead atoms. The third kappa shape index (κ3) is 4.98. The van der Waals surface area contributed by atoms with Crippen LogP contribution in [0.25, 0.3) is 5.65 Å². The third-order valence-electron chi connectivity index (χ3n) is 5.40. The van der Waals surface area contributed by atoms with Crippen molar-refractivity contribution >= 4 is 23.6 Å². The van der Waals surface area contributed by atoms with E-state index in [0.29, 0.717) is 12.1 Å². The molecule has 4 N–H and O–H groups in total. The molecule has 0 radical (unpaired) electrons. The molecule has 1 atom stereocenters. The maximum Gasteiger partial charge on any atom is 0.162 e. The fourth-order valence-corrected chi connectivity index (χ4v) is 3.82. The number of fused-ring (bicyclic) bond motifs is 1. The van der Waals surface area contributed by atoms with Crippen LogP contribution in [0.15, 0.2) is 36.2 Å². The number of piperidine rings is 1. The highest BCUT2D eigenvalue weighted by Crippen LogP contribution is 2.28. The number of aromatic nitrogens is 3. The molecule has 30 heavy (non-hydrogen) atoms. The molecule has 3 heterocycles. The highest BCUT2D eigenvalue weighted by atomic mass is 16.5. The van der Waals surface area contributed by atoms with Crippen LogP contribution in [0.3, 0.4) is 0 Å². The zero-order valence-electron chi connectivity index (χ0n) is 17.3. The van der Waals surface area contributed by atoms with Gasteiger partial charge >= 0.3 is 0 Å². The van der Waals surface area contributed by atoms with Crippen LogP contribution in [-0.4, -0.2) is 56.9 Å². The number of aldehydes is 1. The van der Waals surface area contributed by atoms with Gasteiger partial charge in [-0.3, -0.25) is 15.5 Å². The molecule has 0 aromatic carbocycles. The molecule has 162 valence electrons. The van der Waals surface area contributed by atoms with Gasteiger partial charge in [-0.25, -0.2) is 4.98 Å². The minimum Gasteiger partial charge on any atom is -0.396 e. The molecule has 1 saturated heterocycles. The van der Waals surface area contributed by atoms with Crippen molar-refractivity contribution in [2.75, 3.05) is 29.9 Å². The van der Waals surface area contributed by atoms with Gasteiger partial charge in [0.1, 0.15) is 17.9 Å². The van der Waals surface area contributed by atoms with Gasteiger partial charge in [0.2, 0.25) is 0 Å². The van der Waals surface area contributed by atoms with Gasteiger partial charge in [-0.05, 0) is 38.2 Å². The average molecular weight is 415 g/mol. The Hall–Kier alpha value is -2.91. The van der Waals surface area contributed by atoms with E-state index in [9.17, 15) is 9.90 Å². The van der Waals surface area contributed by atoms with E-state index < -0.39 is 0 Å². The van der Waals surface area contributed by atoms with Gasteiger partial charge in [-0.15, -0.1) is 0 Å². The molecule has 1 aliphatic rings. The van der Waals surface area contributed by atoms with Gasteiger partial charge in [0.15, 0.2) is 5.65 Å². The number of aryl methyl sites for hydroxylation is 1. The van der Waals surface area contributed by atoms with Crippen molar-refractivity contribution in [1.29, 1.82) is 0 Å². The first-order chi connectivity index (χ1) is 14.7. The van der Waals surface area contributed by atoms with Crippen molar-refractivity contribution in [3.05, 3.63) is 41.8 Å². The predicted octanol–water partition coefficient (Wildman–Crippen LogP) is 2.06. The van der Waals surface area contributed by atoms with E-state index in [-0.39, 0.29) is 12.6 Å². The van der Waals surface area contributed by atoms with Crippen LogP contribution in [0.5, 0.6) is 0 Å². The molecule has 1 aliphatic heterocycles. The third-order valence-corrected chi connectivity index (χ3v) is 5.40. The number of hydroxylamine groups is 1. The summed E-state index contributed by atoms with van der Waals surface area (Å²) in [6.07, 6.45) is 11.9. The molecular weight excluding hydrogens is 384 g/mol. The Morgan fingerprint density at radius 2 is 2.27 bits per heavy atom. The Morgan fingerprint density at radius 1 is 1.40 bits per heavy atom. The molecule has 9 nitrogen and oxygen atoms in total. The number of anilines is 2. The Labute approximate surface area is 176 Å². The summed E-state index contributed by atoms with van der Waals surface area (Å²) in [5, 5.41) is 25.9. The molecule has 0 saturated carbocycles. The van der Waals surface area contributed by atoms with Crippen molar-refractivity contribution in [3.63, 3.8) is 0 Å². The second-order valence-electron chi connectivity index (χ2n) is 7.31. The number of rotatable bonds is 10. The maximum absolute atomic E-state index is 11.4. The number of allylic oxidation sites excluding steroid dienone is 2. The number of aliphatic hydroxyl groups excluding tert-OH is 1. The second-order valence-corrected chi connectivity index (χ2v) is 7.31. The predicted molar refractivity (Wildman–Crippen MR) is 116 cm³/mol. The lowest BCUT2D eigenvalue weighted by Gasteiger charge is -2.36. The van der Waals surface area contributed by atoms with Crippen molar-refractivity contribution in [3.8, 4) is 0 Å². The number of nitrogens with zero attached hydrogens (tertiary/aromatic N) is 4. The minimum absolute atomic E-state index is 0.158. The molecule has 0 spiro atoms. The lowest BCUT2D eigenvalue weighted by molar-refractivity contribution is -0.104. The summed E-state index contributed by atoms with van der Waals surface area (Å²) in [5.74, 6) is 1.61. The largest absolute Gasteiger partial charge is 0.396 e. The minimum atomic E-state index is 0.158. The fraction of sp³-hybridized carbons (Fsp3) is 0.476. The van der Waals surface area contributed by atoms with Crippen LogP contribution < -0.4 is 15.7 Å². The van der Waals surface area contributed by atoms with Crippen molar-refractivity contribution in [2.24, 2.45) is 0 Å². The smallest absolute Gasteiger partial charge is 0.162 e. The van der Waals surface area contributed by atoms with E-state index in [1.165, 1.54) is 6.20 Å². The van der Waals surface area contributed by atoms with Gasteiger partial charge in [0.05, 0.1) is 6.20 Å². The van der Waals surface area contributed by atoms with Crippen LogP contribution in [0.2, 0.25) is 0 Å². The Kier molecular flexibility index (Phi) is 7.81. The molecule has 2 aromatic heterocycles. The van der Waals surface area contributed by atoms with Gasteiger partial charge in [0, 0.05) is 49.1 Å². The number of hydrogen-bond acceptors (Lipinski definition) is 8. The second kappa shape index (κ2) is 10.7. The summed E-state index contributed by atoms with van der Waals surface area (Å²) >= 11 is 0. The maximum atomic E-state index is 11.4. The Morgan fingerprint density at radius 3 is 3.00 bits per heavy atom. The number of carbonyl (C=O) groups is 1. The molecule has 2 aromatic rings. The van der Waals surface area contributed by atoms with Gasteiger partial charge < -0.3 is 15.3 Å². The highest BCUT2D eigenvalue weighted by Gasteiger charge is 2.24. The number of aliphatic hydroxyl groups is 1. The van der Waals surface area contributed by atoms with E-state index in [4.69, 9.17) is 10.2 Å². The lowest BCUT2D eigenvalue weighted by Crippen LogP contribution is -2.40. The van der Waals surface area contributed by atoms with Crippen LogP contribution in [0.1, 0.15) is 38.2 Å².